The molecule has 1 aromatic rings. The molecule has 0 aliphatic heterocycles. The maximum absolute atomic E-state index is 10.7. The van der Waals surface area contributed by atoms with Crippen molar-refractivity contribution in [2.75, 3.05) is 20.3 Å². The van der Waals surface area contributed by atoms with Crippen LogP contribution in [0.25, 0.3) is 0 Å². The molecule has 1 aliphatic rings. The van der Waals surface area contributed by atoms with Crippen LogP contribution in [0, 0.1) is 5.92 Å². The fraction of sp³-hybridized carbons (Fsp3) is 0.462. The van der Waals surface area contributed by atoms with E-state index in [2.05, 4.69) is 0 Å². The Morgan fingerprint density at radius 1 is 1.35 bits per heavy atom. The first kappa shape index (κ1) is 11.9. The number of carbonyl (C=O) groups is 1. The Balaban J connectivity index is 1.88. The molecule has 0 amide bonds. The fourth-order valence-corrected chi connectivity index (χ4v) is 1.89. The molecule has 1 aliphatic carbocycles. The van der Waals surface area contributed by atoms with E-state index in [-0.39, 0.29) is 11.8 Å². The lowest BCUT2D eigenvalue weighted by atomic mass is 10.1. The first-order chi connectivity index (χ1) is 8.22. The summed E-state index contributed by atoms with van der Waals surface area (Å²) in [4.78, 5) is 10.7. The lowest BCUT2D eigenvalue weighted by Crippen LogP contribution is -2.04. The quantitative estimate of drug-likeness (QED) is 0.766. The molecule has 0 heterocycles. The van der Waals surface area contributed by atoms with Crippen molar-refractivity contribution in [2.45, 2.75) is 12.3 Å². The molecule has 1 saturated carbocycles. The summed E-state index contributed by atoms with van der Waals surface area (Å²) < 4.78 is 10.3. The number of methoxy groups -OCH3 is 1. The second-order valence-electron chi connectivity index (χ2n) is 4.20. The van der Waals surface area contributed by atoms with E-state index in [1.807, 2.05) is 24.3 Å². The Kier molecular flexibility index (Phi) is 3.64. The van der Waals surface area contributed by atoms with Gasteiger partial charge in [0.15, 0.2) is 0 Å². The average molecular weight is 236 g/mol. The van der Waals surface area contributed by atoms with Crippen LogP contribution in [0.2, 0.25) is 0 Å². The number of carboxylic acid groups (broad SMARTS) is 1. The molecular weight excluding hydrogens is 220 g/mol. The second kappa shape index (κ2) is 5.19. The normalized spacial score (nSPS) is 22.2. The summed E-state index contributed by atoms with van der Waals surface area (Å²) in [6.45, 7) is 1.09. The molecule has 0 spiro atoms. The van der Waals surface area contributed by atoms with E-state index in [1.54, 1.807) is 7.11 Å². The van der Waals surface area contributed by atoms with Gasteiger partial charge in [-0.3, -0.25) is 4.79 Å². The highest BCUT2D eigenvalue weighted by Crippen LogP contribution is 2.47. The first-order valence-electron chi connectivity index (χ1n) is 5.67. The molecule has 0 aromatic heterocycles. The van der Waals surface area contributed by atoms with E-state index in [0.717, 1.165) is 17.7 Å². The van der Waals surface area contributed by atoms with Gasteiger partial charge in [0.1, 0.15) is 12.4 Å². The molecule has 0 bridgehead atoms. The van der Waals surface area contributed by atoms with Crippen molar-refractivity contribution in [1.82, 2.24) is 0 Å². The Morgan fingerprint density at radius 3 is 2.59 bits per heavy atom. The molecule has 2 rings (SSSR count). The van der Waals surface area contributed by atoms with Gasteiger partial charge in [-0.15, -0.1) is 0 Å². The van der Waals surface area contributed by atoms with E-state index in [9.17, 15) is 4.79 Å². The van der Waals surface area contributed by atoms with Crippen LogP contribution in [0.3, 0.4) is 0 Å². The zero-order chi connectivity index (χ0) is 12.3. The van der Waals surface area contributed by atoms with Crippen molar-refractivity contribution in [3.05, 3.63) is 29.8 Å². The zero-order valence-corrected chi connectivity index (χ0v) is 9.76. The van der Waals surface area contributed by atoms with Gasteiger partial charge in [-0.1, -0.05) is 12.1 Å². The van der Waals surface area contributed by atoms with Crippen LogP contribution in [-0.4, -0.2) is 31.4 Å². The summed E-state index contributed by atoms with van der Waals surface area (Å²) in [5.74, 6) is 0.0736. The summed E-state index contributed by atoms with van der Waals surface area (Å²) >= 11 is 0. The van der Waals surface area contributed by atoms with Crippen LogP contribution < -0.4 is 4.74 Å². The number of benzene rings is 1. The topological polar surface area (TPSA) is 55.8 Å². The van der Waals surface area contributed by atoms with Gasteiger partial charge in [0.25, 0.3) is 0 Å². The second-order valence-corrected chi connectivity index (χ2v) is 4.20. The number of carboxylic acids is 1. The van der Waals surface area contributed by atoms with E-state index in [0.29, 0.717) is 13.2 Å². The predicted octanol–water partition coefficient (Wildman–Crippen LogP) is 1.90. The monoisotopic (exact) mass is 236 g/mol. The van der Waals surface area contributed by atoms with Crippen LogP contribution in [-0.2, 0) is 9.53 Å². The number of aliphatic carboxylic acids is 1. The summed E-state index contributed by atoms with van der Waals surface area (Å²) in [6.07, 6.45) is 0.749. The van der Waals surface area contributed by atoms with Crippen molar-refractivity contribution in [1.29, 1.82) is 0 Å². The van der Waals surface area contributed by atoms with Gasteiger partial charge in [-0.2, -0.15) is 0 Å². The van der Waals surface area contributed by atoms with Crippen molar-refractivity contribution in [3.63, 3.8) is 0 Å². The first-order valence-corrected chi connectivity index (χ1v) is 5.67. The minimum Gasteiger partial charge on any atom is -0.491 e. The largest absolute Gasteiger partial charge is 0.491 e. The molecule has 2 atom stereocenters. The third-order valence-electron chi connectivity index (χ3n) is 2.97. The number of hydrogen-bond acceptors (Lipinski definition) is 3. The minimum atomic E-state index is -0.699. The van der Waals surface area contributed by atoms with Gasteiger partial charge in [0.05, 0.1) is 12.5 Å². The van der Waals surface area contributed by atoms with Gasteiger partial charge in [-0.05, 0) is 30.0 Å². The molecule has 0 radical (unpaired) electrons. The molecule has 1 aromatic carbocycles. The predicted molar refractivity (Wildman–Crippen MR) is 62.3 cm³/mol. The van der Waals surface area contributed by atoms with Gasteiger partial charge >= 0.3 is 5.97 Å². The molecule has 0 saturated heterocycles. The van der Waals surface area contributed by atoms with Gasteiger partial charge in [-0.25, -0.2) is 0 Å². The lowest BCUT2D eigenvalue weighted by molar-refractivity contribution is -0.138. The van der Waals surface area contributed by atoms with Crippen LogP contribution in [0.15, 0.2) is 24.3 Å². The minimum absolute atomic E-state index is 0.181. The van der Waals surface area contributed by atoms with Crippen LogP contribution in [0.1, 0.15) is 17.9 Å². The smallest absolute Gasteiger partial charge is 0.307 e. The number of hydrogen-bond donors (Lipinski definition) is 1. The Bertz CT molecular complexity index is 385. The average Bonchev–Trinajstić information content (AvgIpc) is 3.10. The molecule has 4 nitrogen and oxygen atoms in total. The van der Waals surface area contributed by atoms with Gasteiger partial charge in [0.2, 0.25) is 0 Å². The molecule has 2 unspecified atom stereocenters. The highest BCUT2D eigenvalue weighted by molar-refractivity contribution is 5.75. The zero-order valence-electron chi connectivity index (χ0n) is 9.76. The number of ether oxygens (including phenoxy) is 2. The van der Waals surface area contributed by atoms with E-state index < -0.39 is 5.97 Å². The highest BCUT2D eigenvalue weighted by atomic mass is 16.5. The van der Waals surface area contributed by atoms with E-state index >= 15 is 0 Å². The maximum atomic E-state index is 10.7. The molecule has 1 fully saturated rings. The summed E-state index contributed by atoms with van der Waals surface area (Å²) in [6, 6.07) is 7.63. The molecular formula is C13H16O4. The van der Waals surface area contributed by atoms with Crippen molar-refractivity contribution >= 4 is 5.97 Å². The van der Waals surface area contributed by atoms with Crippen molar-refractivity contribution in [3.8, 4) is 5.75 Å². The van der Waals surface area contributed by atoms with Crippen molar-refractivity contribution in [2.24, 2.45) is 5.92 Å². The van der Waals surface area contributed by atoms with Crippen LogP contribution in [0.5, 0.6) is 5.75 Å². The van der Waals surface area contributed by atoms with E-state index in [4.69, 9.17) is 14.6 Å². The van der Waals surface area contributed by atoms with Crippen LogP contribution in [0.4, 0.5) is 0 Å². The molecule has 92 valence electrons. The third-order valence-corrected chi connectivity index (χ3v) is 2.97. The lowest BCUT2D eigenvalue weighted by Gasteiger charge is -2.06. The summed E-state index contributed by atoms with van der Waals surface area (Å²) in [5.41, 5.74) is 1.08. The van der Waals surface area contributed by atoms with Crippen LogP contribution >= 0.6 is 0 Å². The third kappa shape index (κ3) is 2.97. The van der Waals surface area contributed by atoms with Gasteiger partial charge < -0.3 is 14.6 Å². The number of rotatable bonds is 6. The highest BCUT2D eigenvalue weighted by Gasteiger charge is 2.43. The van der Waals surface area contributed by atoms with Gasteiger partial charge in [0, 0.05) is 7.11 Å². The maximum Gasteiger partial charge on any atom is 0.307 e. The SMILES string of the molecule is COCCOc1ccc(C2CC2C(=O)O)cc1. The molecule has 17 heavy (non-hydrogen) atoms. The molecule has 4 heteroatoms. The standard InChI is InChI=1S/C13H16O4/c1-16-6-7-17-10-4-2-9(3-5-10)11-8-12(11)13(14)15/h2-5,11-12H,6-8H2,1H3,(H,14,15). The van der Waals surface area contributed by atoms with Crippen molar-refractivity contribution < 1.29 is 19.4 Å². The Labute approximate surface area is 100 Å². The Hall–Kier alpha value is -1.55. The Morgan fingerprint density at radius 2 is 2.06 bits per heavy atom. The fourth-order valence-electron chi connectivity index (χ4n) is 1.89. The van der Waals surface area contributed by atoms with E-state index in [1.165, 1.54) is 0 Å². The molecule has 1 N–H and O–H groups in total. The summed E-state index contributed by atoms with van der Waals surface area (Å²) in [7, 11) is 1.63. The summed E-state index contributed by atoms with van der Waals surface area (Å²) in [5, 5.41) is 8.84.